The van der Waals surface area contributed by atoms with Crippen LogP contribution in [0, 0.1) is 23.2 Å². The van der Waals surface area contributed by atoms with Crippen molar-refractivity contribution in [2.45, 2.75) is 44.9 Å². The second kappa shape index (κ2) is 4.49. The van der Waals surface area contributed by atoms with Crippen molar-refractivity contribution in [2.24, 2.45) is 23.2 Å². The molecular weight excluding hydrogens is 218 g/mol. The second-order valence-corrected chi connectivity index (χ2v) is 6.99. The Morgan fingerprint density at radius 1 is 1.00 bits per heavy atom. The van der Waals surface area contributed by atoms with Crippen molar-refractivity contribution in [3.63, 3.8) is 0 Å². The van der Waals surface area contributed by atoms with E-state index in [9.17, 15) is 0 Å². The molecule has 0 radical (unpaired) electrons. The summed E-state index contributed by atoms with van der Waals surface area (Å²) in [5, 5.41) is 0. The second-order valence-electron chi connectivity index (χ2n) is 6.99. The number of rotatable bonds is 2. The van der Waals surface area contributed by atoms with Gasteiger partial charge in [0, 0.05) is 6.54 Å². The van der Waals surface area contributed by atoms with Crippen LogP contribution in [0.1, 0.15) is 44.9 Å². The average Bonchev–Trinajstić information content (AvgIpc) is 2.29. The van der Waals surface area contributed by atoms with Crippen LogP contribution in [0.5, 0.6) is 0 Å². The van der Waals surface area contributed by atoms with Crippen LogP contribution >= 0.6 is 0 Å². The molecule has 94 valence electrons. The van der Waals surface area contributed by atoms with Crippen LogP contribution in [0.4, 0.5) is 0 Å². The normalized spacial score (nSPS) is 45.6. The molecule has 4 saturated carbocycles. The van der Waals surface area contributed by atoms with Gasteiger partial charge in [-0.2, -0.15) is 0 Å². The fourth-order valence-electron chi connectivity index (χ4n) is 5.17. The van der Waals surface area contributed by atoms with Crippen molar-refractivity contribution in [3.05, 3.63) is 0 Å². The lowest BCUT2D eigenvalue weighted by Crippen LogP contribution is -3.00. The van der Waals surface area contributed by atoms with Crippen molar-refractivity contribution in [2.75, 3.05) is 20.6 Å². The standard InChI is InChI=1S/C14H25N.ClH/c1-15(2)10-14-4-3-11-5-12(8-14)7-13(6-11)9-14;/h11-13H,3-10H2,1-2H3;1H/p-1. The summed E-state index contributed by atoms with van der Waals surface area (Å²) in [6.45, 7) is 1.35. The molecule has 0 N–H and O–H groups in total. The Morgan fingerprint density at radius 2 is 1.56 bits per heavy atom. The van der Waals surface area contributed by atoms with Gasteiger partial charge < -0.3 is 17.3 Å². The van der Waals surface area contributed by atoms with Gasteiger partial charge in [-0.1, -0.05) is 0 Å². The van der Waals surface area contributed by atoms with Crippen LogP contribution in [-0.2, 0) is 0 Å². The smallest absolute Gasteiger partial charge is 0.00321 e. The fourth-order valence-corrected chi connectivity index (χ4v) is 5.17. The lowest BCUT2D eigenvalue weighted by atomic mass is 9.61. The summed E-state index contributed by atoms with van der Waals surface area (Å²) in [7, 11) is 4.52. The lowest BCUT2D eigenvalue weighted by Gasteiger charge is -2.46. The van der Waals surface area contributed by atoms with E-state index in [1.165, 1.54) is 13.0 Å². The highest BCUT2D eigenvalue weighted by molar-refractivity contribution is 4.99. The van der Waals surface area contributed by atoms with E-state index in [0.29, 0.717) is 0 Å². The van der Waals surface area contributed by atoms with E-state index in [4.69, 9.17) is 0 Å². The first-order chi connectivity index (χ1) is 7.15. The maximum absolute atomic E-state index is 2.44. The predicted octanol–water partition coefficient (Wildman–Crippen LogP) is 0.159. The predicted molar refractivity (Wildman–Crippen MR) is 63.8 cm³/mol. The van der Waals surface area contributed by atoms with Crippen molar-refractivity contribution >= 4 is 0 Å². The quantitative estimate of drug-likeness (QED) is 0.667. The number of hydrogen-bond donors (Lipinski definition) is 0. The molecule has 4 rings (SSSR count). The highest BCUT2D eigenvalue weighted by atomic mass is 35.5. The largest absolute Gasteiger partial charge is 1.00 e. The molecular formula is C14H25ClN-. The monoisotopic (exact) mass is 242 g/mol. The van der Waals surface area contributed by atoms with E-state index in [1.54, 1.807) is 38.5 Å². The zero-order chi connectivity index (χ0) is 10.5. The Morgan fingerprint density at radius 3 is 2.12 bits per heavy atom. The minimum atomic E-state index is 0. The topological polar surface area (TPSA) is 3.24 Å². The van der Waals surface area contributed by atoms with Crippen LogP contribution in [0.25, 0.3) is 0 Å². The highest BCUT2D eigenvalue weighted by Gasteiger charge is 2.47. The number of fused-ring (bicyclic) bond motifs is 1. The Labute approximate surface area is 106 Å². The van der Waals surface area contributed by atoms with Gasteiger partial charge >= 0.3 is 0 Å². The van der Waals surface area contributed by atoms with Gasteiger partial charge in [-0.25, -0.2) is 0 Å². The van der Waals surface area contributed by atoms with Crippen molar-refractivity contribution in [1.82, 2.24) is 4.90 Å². The third-order valence-corrected chi connectivity index (χ3v) is 5.18. The van der Waals surface area contributed by atoms with E-state index < -0.39 is 0 Å². The van der Waals surface area contributed by atoms with Crippen LogP contribution in [0.2, 0.25) is 0 Å². The van der Waals surface area contributed by atoms with Crippen molar-refractivity contribution < 1.29 is 12.4 Å². The van der Waals surface area contributed by atoms with Gasteiger partial charge in [-0.15, -0.1) is 0 Å². The van der Waals surface area contributed by atoms with Crippen LogP contribution in [-0.4, -0.2) is 25.5 Å². The summed E-state index contributed by atoms with van der Waals surface area (Å²) in [5.74, 6) is 3.31. The van der Waals surface area contributed by atoms with E-state index >= 15 is 0 Å². The molecule has 0 aliphatic heterocycles. The summed E-state index contributed by atoms with van der Waals surface area (Å²) in [6.07, 6.45) is 10.9. The number of nitrogens with zero attached hydrogens (tertiary/aromatic N) is 1. The molecule has 0 aromatic rings. The van der Waals surface area contributed by atoms with E-state index in [2.05, 4.69) is 19.0 Å². The van der Waals surface area contributed by atoms with Crippen molar-refractivity contribution in [3.8, 4) is 0 Å². The number of halogens is 1. The zero-order valence-electron chi connectivity index (χ0n) is 10.7. The molecule has 4 aliphatic carbocycles. The molecule has 0 saturated heterocycles. The molecule has 0 aromatic heterocycles. The Kier molecular flexibility index (Phi) is 3.57. The number of hydrogen-bond acceptors (Lipinski definition) is 1. The minimum absolute atomic E-state index is 0. The minimum Gasteiger partial charge on any atom is -1.00 e. The van der Waals surface area contributed by atoms with E-state index in [-0.39, 0.29) is 12.4 Å². The molecule has 16 heavy (non-hydrogen) atoms. The lowest BCUT2D eigenvalue weighted by molar-refractivity contribution is -0.00000667. The first-order valence-electron chi connectivity index (χ1n) is 6.80. The van der Waals surface area contributed by atoms with Gasteiger partial charge in [0.15, 0.2) is 0 Å². The Bertz CT molecular complexity index is 237. The molecule has 4 fully saturated rings. The summed E-state index contributed by atoms with van der Waals surface area (Å²) in [5.41, 5.74) is 0.725. The first-order valence-corrected chi connectivity index (χ1v) is 6.80. The van der Waals surface area contributed by atoms with E-state index in [0.717, 1.165) is 23.2 Å². The van der Waals surface area contributed by atoms with E-state index in [1.807, 2.05) is 0 Å². The molecule has 0 aromatic carbocycles. The molecule has 0 amide bonds. The summed E-state index contributed by atoms with van der Waals surface area (Å²) in [4.78, 5) is 2.44. The Hall–Kier alpha value is 0.250. The maximum Gasteiger partial charge on any atom is 0.00321 e. The molecule has 2 atom stereocenters. The molecule has 4 bridgehead atoms. The molecule has 0 heterocycles. The molecule has 2 heteroatoms. The van der Waals surface area contributed by atoms with Gasteiger partial charge in [0.05, 0.1) is 0 Å². The maximum atomic E-state index is 2.44. The third-order valence-electron chi connectivity index (χ3n) is 5.18. The summed E-state index contributed by atoms with van der Waals surface area (Å²) >= 11 is 0. The fraction of sp³-hybridized carbons (Fsp3) is 1.00. The molecule has 1 nitrogen and oxygen atoms in total. The van der Waals surface area contributed by atoms with Crippen LogP contribution in [0.15, 0.2) is 0 Å². The van der Waals surface area contributed by atoms with Gasteiger partial charge in [-0.05, 0) is 82.2 Å². The van der Waals surface area contributed by atoms with Gasteiger partial charge in [0.2, 0.25) is 0 Å². The summed E-state index contributed by atoms with van der Waals surface area (Å²) in [6, 6.07) is 0. The van der Waals surface area contributed by atoms with Crippen LogP contribution in [0.3, 0.4) is 0 Å². The third kappa shape index (κ3) is 2.26. The van der Waals surface area contributed by atoms with Crippen LogP contribution < -0.4 is 12.4 Å². The highest BCUT2D eigenvalue weighted by Crippen LogP contribution is 2.57. The SMILES string of the molecule is CN(C)CC12CCC3CC(CC(C3)C1)C2.[Cl-]. The first kappa shape index (κ1) is 12.7. The summed E-state index contributed by atoms with van der Waals surface area (Å²) < 4.78 is 0. The van der Waals surface area contributed by atoms with Gasteiger partial charge in [-0.3, -0.25) is 0 Å². The average molecular weight is 243 g/mol. The molecule has 4 aliphatic rings. The van der Waals surface area contributed by atoms with Crippen molar-refractivity contribution in [1.29, 1.82) is 0 Å². The van der Waals surface area contributed by atoms with Gasteiger partial charge in [0.1, 0.15) is 0 Å². The molecule has 0 spiro atoms. The molecule has 2 unspecified atom stereocenters. The zero-order valence-corrected chi connectivity index (χ0v) is 11.5. The Balaban J connectivity index is 0.000000963. The van der Waals surface area contributed by atoms with Gasteiger partial charge in [0.25, 0.3) is 0 Å².